The Morgan fingerprint density at radius 3 is 2.42 bits per heavy atom. The van der Waals surface area contributed by atoms with Crippen LogP contribution in [-0.2, 0) is 0 Å². The number of hydrogen-bond acceptors (Lipinski definition) is 6. The Bertz CT molecular complexity index is 762. The van der Waals surface area contributed by atoms with E-state index in [1.807, 2.05) is 36.4 Å². The van der Waals surface area contributed by atoms with E-state index in [4.69, 9.17) is 5.11 Å². The van der Waals surface area contributed by atoms with Crippen molar-refractivity contribution < 1.29 is 5.11 Å². The van der Waals surface area contributed by atoms with E-state index in [0.29, 0.717) is 0 Å². The molecule has 0 atom stereocenters. The van der Waals surface area contributed by atoms with E-state index in [2.05, 4.69) is 32.3 Å². The van der Waals surface area contributed by atoms with Gasteiger partial charge in [0, 0.05) is 18.6 Å². The Hall–Kier alpha value is -3.54. The van der Waals surface area contributed by atoms with Crippen LogP contribution in [0.3, 0.4) is 0 Å². The summed E-state index contributed by atoms with van der Waals surface area (Å²) >= 11 is 0. The molecular weight excluding hydrogens is 302 g/mol. The largest absolute Gasteiger partial charge is 0.509 e. The number of rotatable bonds is 7. The third-order valence-corrected chi connectivity index (χ3v) is 2.74. The zero-order chi connectivity index (χ0) is 17.0. The Morgan fingerprint density at radius 2 is 1.71 bits per heavy atom. The van der Waals surface area contributed by atoms with Crippen LogP contribution < -0.4 is 5.43 Å². The summed E-state index contributed by atoms with van der Waals surface area (Å²) in [5.41, 5.74) is 5.69. The molecule has 120 valence electrons. The van der Waals surface area contributed by atoms with Crippen molar-refractivity contribution >= 4 is 24.3 Å². The summed E-state index contributed by atoms with van der Waals surface area (Å²) in [7, 11) is 0. The predicted molar refractivity (Wildman–Crippen MR) is 98.9 cm³/mol. The van der Waals surface area contributed by atoms with Gasteiger partial charge in [-0.3, -0.25) is 10.4 Å². The second-order valence-electron chi connectivity index (χ2n) is 4.63. The van der Waals surface area contributed by atoms with E-state index >= 15 is 0 Å². The van der Waals surface area contributed by atoms with Gasteiger partial charge in [-0.2, -0.15) is 15.3 Å². The van der Waals surface area contributed by atoms with Crippen LogP contribution in [0.2, 0.25) is 0 Å². The summed E-state index contributed by atoms with van der Waals surface area (Å²) in [5, 5.41) is 20.7. The molecule has 2 N–H and O–H groups in total. The van der Waals surface area contributed by atoms with Crippen LogP contribution in [0.25, 0.3) is 0 Å². The molecule has 0 aliphatic carbocycles. The smallest absolute Gasteiger partial charge is 0.108 e. The third-order valence-electron chi connectivity index (χ3n) is 2.74. The third kappa shape index (κ3) is 6.48. The summed E-state index contributed by atoms with van der Waals surface area (Å²) in [6.45, 7) is 3.32. The van der Waals surface area contributed by atoms with Gasteiger partial charge in [0.1, 0.15) is 5.76 Å². The van der Waals surface area contributed by atoms with Crippen molar-refractivity contribution in [3.05, 3.63) is 84.4 Å². The van der Waals surface area contributed by atoms with E-state index in [9.17, 15) is 0 Å². The van der Waals surface area contributed by atoms with Gasteiger partial charge in [0.05, 0.1) is 18.1 Å². The number of benzene rings is 1. The molecule has 0 bridgehead atoms. The first-order valence-electron chi connectivity index (χ1n) is 7.14. The van der Waals surface area contributed by atoms with Crippen molar-refractivity contribution in [3.63, 3.8) is 0 Å². The van der Waals surface area contributed by atoms with Crippen LogP contribution in [0.1, 0.15) is 11.1 Å². The Balaban J connectivity index is 1.84. The highest BCUT2D eigenvalue weighted by atomic mass is 16.3. The first kappa shape index (κ1) is 16.8. The van der Waals surface area contributed by atoms with E-state index in [1.165, 1.54) is 12.3 Å². The van der Waals surface area contributed by atoms with E-state index < -0.39 is 0 Å². The lowest BCUT2D eigenvalue weighted by Gasteiger charge is -2.00. The highest BCUT2D eigenvalue weighted by Gasteiger charge is 1.91. The molecule has 0 fully saturated rings. The van der Waals surface area contributed by atoms with Crippen LogP contribution in [0.15, 0.2) is 88.6 Å². The number of allylic oxidation sites excluding steroid dienone is 2. The lowest BCUT2D eigenvalue weighted by atomic mass is 10.2. The molecule has 2 rings (SSSR count). The maximum absolute atomic E-state index is 8.84. The van der Waals surface area contributed by atoms with Gasteiger partial charge in [-0.05, 0) is 47.5 Å². The zero-order valence-electron chi connectivity index (χ0n) is 12.9. The number of nitrogens with one attached hydrogen (secondary N) is 1. The first-order chi connectivity index (χ1) is 11.7. The molecule has 0 amide bonds. The van der Waals surface area contributed by atoms with Gasteiger partial charge in [0.25, 0.3) is 0 Å². The van der Waals surface area contributed by atoms with Crippen molar-refractivity contribution in [3.8, 4) is 0 Å². The average Bonchev–Trinajstić information content (AvgIpc) is 2.60. The van der Waals surface area contributed by atoms with Crippen molar-refractivity contribution in [2.75, 3.05) is 5.43 Å². The molecular formula is C18H17N5O. The standard InChI is InChI=1S/C18H17N5O/c1-15(24)3-2-10-20-21-13-16-4-6-18(7-5-16)23-22-14-17-8-11-19-12-9-17/h2-14,23-24H,1H2/b3-2-,20-10-,21-13+,22-14?. The summed E-state index contributed by atoms with van der Waals surface area (Å²) in [6.07, 6.45) is 11.2. The minimum absolute atomic E-state index is 0.0277. The highest BCUT2D eigenvalue weighted by Crippen LogP contribution is 2.08. The SMILES string of the molecule is C=C(O)\C=C/C=N\N=C\c1ccc(NN=Cc2ccncc2)cc1. The number of aliphatic hydroxyl groups excluding tert-OH is 1. The van der Waals surface area contributed by atoms with Crippen molar-refractivity contribution in [2.45, 2.75) is 0 Å². The monoisotopic (exact) mass is 319 g/mol. The molecule has 1 aromatic carbocycles. The molecule has 6 heteroatoms. The van der Waals surface area contributed by atoms with Crippen LogP contribution in [0, 0.1) is 0 Å². The second kappa shape index (κ2) is 9.47. The second-order valence-corrected chi connectivity index (χ2v) is 4.63. The van der Waals surface area contributed by atoms with Gasteiger partial charge in [-0.25, -0.2) is 0 Å². The number of aliphatic hydroxyl groups is 1. The molecule has 0 saturated heterocycles. The minimum atomic E-state index is -0.0277. The van der Waals surface area contributed by atoms with Gasteiger partial charge >= 0.3 is 0 Å². The van der Waals surface area contributed by atoms with E-state index in [1.54, 1.807) is 30.9 Å². The molecule has 24 heavy (non-hydrogen) atoms. The van der Waals surface area contributed by atoms with Crippen molar-refractivity contribution in [2.24, 2.45) is 15.3 Å². The molecule has 1 heterocycles. The Labute approximate surface area is 140 Å². The zero-order valence-corrected chi connectivity index (χ0v) is 12.9. The Morgan fingerprint density at radius 1 is 1.00 bits per heavy atom. The van der Waals surface area contributed by atoms with Gasteiger partial charge in [0.15, 0.2) is 0 Å². The predicted octanol–water partition coefficient (Wildman–Crippen LogP) is 3.56. The molecule has 0 aliphatic rings. The fraction of sp³-hybridized carbons (Fsp3) is 0. The van der Waals surface area contributed by atoms with Gasteiger partial charge in [-0.15, -0.1) is 0 Å². The molecule has 0 spiro atoms. The number of nitrogens with zero attached hydrogens (tertiary/aromatic N) is 4. The maximum Gasteiger partial charge on any atom is 0.108 e. The highest BCUT2D eigenvalue weighted by molar-refractivity contribution is 5.82. The van der Waals surface area contributed by atoms with Crippen LogP contribution in [0.5, 0.6) is 0 Å². The Kier molecular flexibility index (Phi) is 6.64. The molecule has 1 aromatic heterocycles. The number of anilines is 1. The average molecular weight is 319 g/mol. The quantitative estimate of drug-likeness (QED) is 0.354. The molecule has 2 aromatic rings. The van der Waals surface area contributed by atoms with E-state index in [-0.39, 0.29) is 5.76 Å². The lowest BCUT2D eigenvalue weighted by molar-refractivity contribution is 0.435. The van der Waals surface area contributed by atoms with Crippen LogP contribution in [-0.4, -0.2) is 28.7 Å². The summed E-state index contributed by atoms with van der Waals surface area (Å²) in [4.78, 5) is 3.95. The fourth-order valence-corrected chi connectivity index (χ4v) is 1.61. The van der Waals surface area contributed by atoms with Crippen LogP contribution >= 0.6 is 0 Å². The van der Waals surface area contributed by atoms with Crippen molar-refractivity contribution in [1.29, 1.82) is 0 Å². The molecule has 0 saturated carbocycles. The van der Waals surface area contributed by atoms with Gasteiger partial charge in [0.2, 0.25) is 0 Å². The lowest BCUT2D eigenvalue weighted by Crippen LogP contribution is -1.91. The number of aromatic nitrogens is 1. The van der Waals surface area contributed by atoms with Crippen molar-refractivity contribution in [1.82, 2.24) is 4.98 Å². The summed E-state index contributed by atoms with van der Waals surface area (Å²) in [5.74, 6) is -0.0277. The first-order valence-corrected chi connectivity index (χ1v) is 7.14. The molecule has 6 nitrogen and oxygen atoms in total. The van der Waals surface area contributed by atoms with Crippen LogP contribution in [0.4, 0.5) is 5.69 Å². The van der Waals surface area contributed by atoms with Gasteiger partial charge < -0.3 is 5.11 Å². The fourth-order valence-electron chi connectivity index (χ4n) is 1.61. The number of pyridine rings is 1. The van der Waals surface area contributed by atoms with Gasteiger partial charge in [-0.1, -0.05) is 18.7 Å². The number of hydrogen-bond donors (Lipinski definition) is 2. The topological polar surface area (TPSA) is 82.2 Å². The number of hydrazone groups is 1. The molecule has 0 aliphatic heterocycles. The molecule has 0 radical (unpaired) electrons. The maximum atomic E-state index is 8.84. The summed E-state index contributed by atoms with van der Waals surface area (Å²) < 4.78 is 0. The minimum Gasteiger partial charge on any atom is -0.509 e. The van der Waals surface area contributed by atoms with E-state index in [0.717, 1.165) is 16.8 Å². The molecule has 0 unspecified atom stereocenters. The summed E-state index contributed by atoms with van der Waals surface area (Å²) in [6, 6.07) is 11.3. The normalized spacial score (nSPS) is 11.8.